The highest BCUT2D eigenvalue weighted by molar-refractivity contribution is 6.29. The van der Waals surface area contributed by atoms with Crippen molar-refractivity contribution in [3.8, 4) is 0 Å². The molecule has 1 heterocycles. The van der Waals surface area contributed by atoms with Gasteiger partial charge in [-0.3, -0.25) is 0 Å². The molecule has 0 atom stereocenters. The average molecular weight is 255 g/mol. The van der Waals surface area contributed by atoms with E-state index in [1.54, 1.807) is 13.0 Å². The van der Waals surface area contributed by atoms with E-state index in [0.717, 1.165) is 0 Å². The van der Waals surface area contributed by atoms with Crippen molar-refractivity contribution in [2.75, 3.05) is 5.32 Å². The molecule has 0 aliphatic heterocycles. The molecule has 0 amide bonds. The second-order valence-electron chi connectivity index (χ2n) is 3.55. The third kappa shape index (κ3) is 2.53. The molecule has 1 aromatic heterocycles. The Kier molecular flexibility index (Phi) is 3.24. The summed E-state index contributed by atoms with van der Waals surface area (Å²) in [7, 11) is 0. The molecular formula is C12H9ClF2N2. The summed E-state index contributed by atoms with van der Waals surface area (Å²) in [4.78, 5) is 3.78. The van der Waals surface area contributed by atoms with E-state index in [0.29, 0.717) is 11.3 Å². The standard InChI is InChI=1S/C12H9ClF2N2/c1-7-2-3-9(14)12(11(7)15)17-8-4-5-16-10(13)6-8/h2-6H,1H3,(H,16,17). The normalized spacial score (nSPS) is 10.4. The fourth-order valence-corrected chi connectivity index (χ4v) is 1.57. The summed E-state index contributed by atoms with van der Waals surface area (Å²) in [5.74, 6) is -1.26. The van der Waals surface area contributed by atoms with Crippen molar-refractivity contribution >= 4 is 23.0 Å². The van der Waals surface area contributed by atoms with Crippen LogP contribution in [-0.4, -0.2) is 4.98 Å². The predicted octanol–water partition coefficient (Wildman–Crippen LogP) is 4.07. The molecule has 1 N–H and O–H groups in total. The topological polar surface area (TPSA) is 24.9 Å². The summed E-state index contributed by atoms with van der Waals surface area (Å²) < 4.78 is 27.2. The maximum Gasteiger partial charge on any atom is 0.152 e. The molecule has 1 aromatic carbocycles. The van der Waals surface area contributed by atoms with Crippen molar-refractivity contribution < 1.29 is 8.78 Å². The van der Waals surface area contributed by atoms with Gasteiger partial charge in [-0.15, -0.1) is 0 Å². The van der Waals surface area contributed by atoms with Crippen LogP contribution in [-0.2, 0) is 0 Å². The number of nitrogens with zero attached hydrogens (tertiary/aromatic N) is 1. The summed E-state index contributed by atoms with van der Waals surface area (Å²) in [6.45, 7) is 1.57. The van der Waals surface area contributed by atoms with Crippen molar-refractivity contribution in [2.45, 2.75) is 6.92 Å². The minimum atomic E-state index is -0.652. The molecule has 2 aromatic rings. The molecule has 0 spiro atoms. The van der Waals surface area contributed by atoms with Crippen molar-refractivity contribution in [3.63, 3.8) is 0 Å². The molecule has 0 fully saturated rings. The van der Waals surface area contributed by atoms with Gasteiger partial charge < -0.3 is 5.32 Å². The average Bonchev–Trinajstić information content (AvgIpc) is 2.30. The zero-order chi connectivity index (χ0) is 12.4. The monoisotopic (exact) mass is 254 g/mol. The molecule has 0 aliphatic carbocycles. The number of benzene rings is 1. The van der Waals surface area contributed by atoms with E-state index in [4.69, 9.17) is 11.6 Å². The third-order valence-corrected chi connectivity index (χ3v) is 2.49. The molecule has 0 aliphatic rings. The summed E-state index contributed by atoms with van der Waals surface area (Å²) >= 11 is 5.68. The zero-order valence-corrected chi connectivity index (χ0v) is 9.72. The molecule has 2 nitrogen and oxygen atoms in total. The lowest BCUT2D eigenvalue weighted by atomic mass is 10.2. The fraction of sp³-hybridized carbons (Fsp3) is 0.0833. The first-order valence-corrected chi connectivity index (χ1v) is 5.29. The number of hydrogen-bond donors (Lipinski definition) is 1. The van der Waals surface area contributed by atoms with Gasteiger partial charge in [0.05, 0.1) is 0 Å². The Balaban J connectivity index is 2.39. The van der Waals surface area contributed by atoms with Crippen LogP contribution in [0.25, 0.3) is 0 Å². The van der Waals surface area contributed by atoms with Gasteiger partial charge in [0.15, 0.2) is 5.82 Å². The van der Waals surface area contributed by atoms with Crippen LogP contribution in [0.4, 0.5) is 20.2 Å². The van der Waals surface area contributed by atoms with Crippen molar-refractivity contribution in [1.82, 2.24) is 4.98 Å². The lowest BCUT2D eigenvalue weighted by molar-refractivity contribution is 0.585. The molecular weight excluding hydrogens is 246 g/mol. The smallest absolute Gasteiger partial charge is 0.152 e. The molecule has 0 saturated carbocycles. The van der Waals surface area contributed by atoms with Gasteiger partial charge in [-0.1, -0.05) is 17.7 Å². The highest BCUT2D eigenvalue weighted by Gasteiger charge is 2.11. The van der Waals surface area contributed by atoms with E-state index in [-0.39, 0.29) is 10.8 Å². The van der Waals surface area contributed by atoms with Gasteiger partial charge in [-0.2, -0.15) is 0 Å². The van der Waals surface area contributed by atoms with E-state index < -0.39 is 11.6 Å². The number of aromatic nitrogens is 1. The molecule has 88 valence electrons. The van der Waals surface area contributed by atoms with Gasteiger partial charge in [0.2, 0.25) is 0 Å². The van der Waals surface area contributed by atoms with Crippen LogP contribution < -0.4 is 5.32 Å². The first-order valence-electron chi connectivity index (χ1n) is 4.91. The van der Waals surface area contributed by atoms with Crippen molar-refractivity contribution in [3.05, 3.63) is 52.8 Å². The number of hydrogen-bond acceptors (Lipinski definition) is 2. The molecule has 0 unspecified atom stereocenters. The zero-order valence-electron chi connectivity index (χ0n) is 8.97. The van der Waals surface area contributed by atoms with Crippen LogP contribution in [0, 0.1) is 18.6 Å². The van der Waals surface area contributed by atoms with Gasteiger partial charge in [0.25, 0.3) is 0 Å². The highest BCUT2D eigenvalue weighted by Crippen LogP contribution is 2.26. The van der Waals surface area contributed by atoms with E-state index >= 15 is 0 Å². The summed E-state index contributed by atoms with van der Waals surface area (Å²) in [6, 6.07) is 5.66. The Labute approximate surface area is 102 Å². The highest BCUT2D eigenvalue weighted by atomic mass is 35.5. The summed E-state index contributed by atoms with van der Waals surface area (Å²) in [6.07, 6.45) is 1.45. The first kappa shape index (κ1) is 11.8. The van der Waals surface area contributed by atoms with E-state index in [2.05, 4.69) is 10.3 Å². The van der Waals surface area contributed by atoms with Gasteiger partial charge in [0.1, 0.15) is 16.7 Å². The van der Waals surface area contributed by atoms with Crippen molar-refractivity contribution in [2.24, 2.45) is 0 Å². The Hall–Kier alpha value is -1.68. The summed E-state index contributed by atoms with van der Waals surface area (Å²) in [5.41, 5.74) is 0.662. The predicted molar refractivity (Wildman–Crippen MR) is 63.6 cm³/mol. The largest absolute Gasteiger partial charge is 0.351 e. The molecule has 0 bridgehead atoms. The Morgan fingerprint density at radius 2 is 2.00 bits per heavy atom. The second kappa shape index (κ2) is 4.67. The summed E-state index contributed by atoms with van der Waals surface area (Å²) in [5, 5.41) is 2.90. The Bertz CT molecular complexity index is 558. The number of pyridine rings is 1. The third-order valence-electron chi connectivity index (χ3n) is 2.28. The quantitative estimate of drug-likeness (QED) is 0.818. The number of halogens is 3. The number of aryl methyl sites for hydroxylation is 1. The first-order chi connectivity index (χ1) is 8.08. The van der Waals surface area contributed by atoms with E-state index in [1.165, 1.54) is 24.4 Å². The minimum absolute atomic E-state index is 0.188. The molecule has 17 heavy (non-hydrogen) atoms. The number of rotatable bonds is 2. The van der Waals surface area contributed by atoms with Crippen LogP contribution in [0.3, 0.4) is 0 Å². The second-order valence-corrected chi connectivity index (χ2v) is 3.93. The molecule has 0 radical (unpaired) electrons. The Morgan fingerprint density at radius 1 is 1.24 bits per heavy atom. The number of nitrogens with one attached hydrogen (secondary N) is 1. The van der Waals surface area contributed by atoms with Crippen molar-refractivity contribution in [1.29, 1.82) is 0 Å². The lowest BCUT2D eigenvalue weighted by Gasteiger charge is -2.10. The van der Waals surface area contributed by atoms with E-state index in [9.17, 15) is 8.78 Å². The van der Waals surface area contributed by atoms with Gasteiger partial charge in [0, 0.05) is 11.9 Å². The SMILES string of the molecule is Cc1ccc(F)c(Nc2ccnc(Cl)c2)c1F. The maximum absolute atomic E-state index is 13.7. The van der Waals surface area contributed by atoms with Gasteiger partial charge in [-0.05, 0) is 30.7 Å². The molecule has 2 rings (SSSR count). The minimum Gasteiger partial charge on any atom is -0.351 e. The Morgan fingerprint density at radius 3 is 2.71 bits per heavy atom. The van der Waals surface area contributed by atoms with Crippen LogP contribution in [0.1, 0.15) is 5.56 Å². The van der Waals surface area contributed by atoms with Crippen LogP contribution >= 0.6 is 11.6 Å². The van der Waals surface area contributed by atoms with Crippen LogP contribution in [0.5, 0.6) is 0 Å². The number of anilines is 2. The lowest BCUT2D eigenvalue weighted by Crippen LogP contribution is -1.99. The molecule has 0 saturated heterocycles. The van der Waals surface area contributed by atoms with Crippen LogP contribution in [0.15, 0.2) is 30.5 Å². The van der Waals surface area contributed by atoms with Gasteiger partial charge >= 0.3 is 0 Å². The van der Waals surface area contributed by atoms with Gasteiger partial charge in [-0.25, -0.2) is 13.8 Å². The maximum atomic E-state index is 13.7. The van der Waals surface area contributed by atoms with Crippen LogP contribution in [0.2, 0.25) is 5.15 Å². The molecule has 5 heteroatoms. The fourth-order valence-electron chi connectivity index (χ4n) is 1.40. The van der Waals surface area contributed by atoms with E-state index in [1.807, 2.05) is 0 Å².